The van der Waals surface area contributed by atoms with Crippen molar-refractivity contribution in [3.05, 3.63) is 70.3 Å². The van der Waals surface area contributed by atoms with Crippen LogP contribution in [0, 0.1) is 6.92 Å². The normalized spacial score (nSPS) is 14.4. The van der Waals surface area contributed by atoms with E-state index in [1.54, 1.807) is 6.07 Å². The van der Waals surface area contributed by atoms with Crippen molar-refractivity contribution >= 4 is 16.8 Å². The minimum Gasteiger partial charge on any atom is -0.492 e. The van der Waals surface area contributed by atoms with Gasteiger partial charge in [0.15, 0.2) is 0 Å². The van der Waals surface area contributed by atoms with Crippen LogP contribution in [-0.2, 0) is 22.6 Å². The van der Waals surface area contributed by atoms with Crippen molar-refractivity contribution < 1.29 is 14.3 Å². The van der Waals surface area contributed by atoms with E-state index in [1.165, 1.54) is 10.9 Å². The first-order valence-electron chi connectivity index (χ1n) is 11.7. The van der Waals surface area contributed by atoms with Crippen LogP contribution in [0.4, 0.5) is 0 Å². The molecule has 1 fully saturated rings. The van der Waals surface area contributed by atoms with Gasteiger partial charge in [0.2, 0.25) is 5.91 Å². The van der Waals surface area contributed by atoms with E-state index in [2.05, 4.69) is 22.2 Å². The van der Waals surface area contributed by atoms with E-state index in [1.807, 2.05) is 43.3 Å². The molecule has 1 N–H and O–H groups in total. The van der Waals surface area contributed by atoms with E-state index in [4.69, 9.17) is 9.47 Å². The summed E-state index contributed by atoms with van der Waals surface area (Å²) in [7, 11) is 2.13. The van der Waals surface area contributed by atoms with Crippen LogP contribution in [0.1, 0.15) is 24.0 Å². The van der Waals surface area contributed by atoms with Crippen molar-refractivity contribution in [2.45, 2.75) is 38.9 Å². The summed E-state index contributed by atoms with van der Waals surface area (Å²) in [6, 6.07) is 13.7. The predicted octanol–water partition coefficient (Wildman–Crippen LogP) is 2.51. The number of nitrogens with zero attached hydrogens (tertiary/aromatic N) is 3. The third kappa shape index (κ3) is 6.01. The lowest BCUT2D eigenvalue weighted by atomic mass is 10.1. The largest absolute Gasteiger partial charge is 0.492 e. The summed E-state index contributed by atoms with van der Waals surface area (Å²) in [5, 5.41) is 3.39. The number of nitrogens with one attached hydrogen (secondary N) is 1. The predicted molar refractivity (Wildman–Crippen MR) is 131 cm³/mol. The Labute approximate surface area is 199 Å². The summed E-state index contributed by atoms with van der Waals surface area (Å²) < 4.78 is 12.7. The first-order chi connectivity index (χ1) is 16.5. The molecule has 0 unspecified atom stereocenters. The molecule has 2 aromatic carbocycles. The molecule has 0 radical (unpaired) electrons. The molecular weight excluding hydrogens is 432 g/mol. The van der Waals surface area contributed by atoms with E-state index >= 15 is 0 Å². The van der Waals surface area contributed by atoms with Crippen LogP contribution < -0.4 is 15.6 Å². The van der Waals surface area contributed by atoms with Gasteiger partial charge in [-0.25, -0.2) is 4.98 Å². The van der Waals surface area contributed by atoms with E-state index in [-0.39, 0.29) is 18.0 Å². The first kappa shape index (κ1) is 23.9. The zero-order chi connectivity index (χ0) is 23.9. The van der Waals surface area contributed by atoms with Crippen LogP contribution in [0.2, 0.25) is 0 Å². The highest BCUT2D eigenvalue weighted by Crippen LogP contribution is 2.15. The van der Waals surface area contributed by atoms with Gasteiger partial charge in [0.1, 0.15) is 18.9 Å². The Hall–Kier alpha value is -3.23. The highest BCUT2D eigenvalue weighted by Gasteiger charge is 2.18. The smallest absolute Gasteiger partial charge is 0.261 e. The molecule has 0 aliphatic carbocycles. The van der Waals surface area contributed by atoms with Gasteiger partial charge in [-0.2, -0.15) is 0 Å². The Morgan fingerprint density at radius 1 is 1.24 bits per heavy atom. The van der Waals surface area contributed by atoms with Crippen LogP contribution >= 0.6 is 0 Å². The molecule has 3 aromatic rings. The molecule has 8 heteroatoms. The molecule has 1 amide bonds. The Balaban J connectivity index is 1.27. The van der Waals surface area contributed by atoms with Crippen LogP contribution in [-0.4, -0.2) is 59.8 Å². The van der Waals surface area contributed by atoms with Gasteiger partial charge in [0, 0.05) is 32.3 Å². The number of carbonyl (C=O) groups excluding carboxylic acids is 1. The Morgan fingerprint density at radius 2 is 2.03 bits per heavy atom. The van der Waals surface area contributed by atoms with E-state index in [0.717, 1.165) is 49.5 Å². The van der Waals surface area contributed by atoms with Gasteiger partial charge < -0.3 is 14.8 Å². The zero-order valence-electron chi connectivity index (χ0n) is 19.8. The Kier molecular flexibility index (Phi) is 7.92. The van der Waals surface area contributed by atoms with Crippen molar-refractivity contribution in [2.24, 2.45) is 0 Å². The second-order valence-corrected chi connectivity index (χ2v) is 8.75. The summed E-state index contributed by atoms with van der Waals surface area (Å²) in [6.45, 7) is 5.29. The molecule has 0 spiro atoms. The Bertz CT molecular complexity index is 1190. The SMILES string of the molecule is Cc1cccc2c(=O)n(CC(=O)NCc3cccc(OCCN(C)C4CCOCC4)c3)cnc12. The standard InChI is InChI=1S/C26H32N4O4/c1-19-5-3-8-23-25(19)28-18-30(26(23)32)17-24(31)27-16-20-6-4-7-22(15-20)34-14-11-29(2)21-9-12-33-13-10-21/h3-8,15,18,21H,9-14,16-17H2,1-2H3,(H,27,31). The number of likely N-dealkylation sites (N-methyl/N-ethyl adjacent to an activating group) is 1. The van der Waals surface area contributed by atoms with Crippen molar-refractivity contribution in [1.82, 2.24) is 19.8 Å². The second kappa shape index (κ2) is 11.3. The molecule has 8 nitrogen and oxygen atoms in total. The molecule has 180 valence electrons. The van der Waals surface area contributed by atoms with Crippen LogP contribution in [0.25, 0.3) is 10.9 Å². The molecule has 0 bridgehead atoms. The molecule has 34 heavy (non-hydrogen) atoms. The quantitative estimate of drug-likeness (QED) is 0.524. The average Bonchev–Trinajstić information content (AvgIpc) is 2.86. The summed E-state index contributed by atoms with van der Waals surface area (Å²) in [4.78, 5) is 31.9. The highest BCUT2D eigenvalue weighted by atomic mass is 16.5. The third-order valence-electron chi connectivity index (χ3n) is 6.28. The summed E-state index contributed by atoms with van der Waals surface area (Å²) >= 11 is 0. The van der Waals surface area contributed by atoms with Gasteiger partial charge in [-0.15, -0.1) is 0 Å². The van der Waals surface area contributed by atoms with Gasteiger partial charge in [-0.1, -0.05) is 24.3 Å². The number of aryl methyl sites for hydroxylation is 1. The van der Waals surface area contributed by atoms with Gasteiger partial charge in [-0.05, 0) is 56.1 Å². The number of para-hydroxylation sites is 1. The molecule has 1 aliphatic heterocycles. The third-order valence-corrected chi connectivity index (χ3v) is 6.28. The number of hydrogen-bond donors (Lipinski definition) is 1. The number of fused-ring (bicyclic) bond motifs is 1. The van der Waals surface area contributed by atoms with Crippen molar-refractivity contribution in [1.29, 1.82) is 0 Å². The number of benzene rings is 2. The molecule has 1 aliphatic rings. The van der Waals surface area contributed by atoms with Crippen LogP contribution in [0.15, 0.2) is 53.6 Å². The Morgan fingerprint density at radius 3 is 2.85 bits per heavy atom. The van der Waals surface area contributed by atoms with E-state index < -0.39 is 0 Å². The zero-order valence-corrected chi connectivity index (χ0v) is 19.8. The average molecular weight is 465 g/mol. The summed E-state index contributed by atoms with van der Waals surface area (Å²) in [6.07, 6.45) is 3.56. The second-order valence-electron chi connectivity index (χ2n) is 8.75. The number of carbonyl (C=O) groups is 1. The molecule has 1 saturated heterocycles. The summed E-state index contributed by atoms with van der Waals surface area (Å²) in [5.74, 6) is 0.526. The topological polar surface area (TPSA) is 85.7 Å². The molecule has 2 heterocycles. The van der Waals surface area contributed by atoms with Gasteiger partial charge >= 0.3 is 0 Å². The fourth-order valence-electron chi connectivity index (χ4n) is 4.22. The monoisotopic (exact) mass is 464 g/mol. The lowest BCUT2D eigenvalue weighted by Crippen LogP contribution is -2.38. The van der Waals surface area contributed by atoms with E-state index in [9.17, 15) is 9.59 Å². The molecule has 0 atom stereocenters. The maximum atomic E-state index is 12.7. The molecule has 1 aromatic heterocycles. The molecule has 0 saturated carbocycles. The number of ether oxygens (including phenoxy) is 2. The van der Waals surface area contributed by atoms with Crippen molar-refractivity contribution in [2.75, 3.05) is 33.4 Å². The maximum absolute atomic E-state index is 12.7. The van der Waals surface area contributed by atoms with Gasteiger partial charge in [0.25, 0.3) is 5.56 Å². The number of rotatable bonds is 9. The van der Waals surface area contributed by atoms with Gasteiger partial charge in [-0.3, -0.25) is 19.1 Å². The highest BCUT2D eigenvalue weighted by molar-refractivity contribution is 5.81. The fraction of sp³-hybridized carbons (Fsp3) is 0.423. The number of amides is 1. The van der Waals surface area contributed by atoms with Gasteiger partial charge in [0.05, 0.1) is 17.2 Å². The van der Waals surface area contributed by atoms with E-state index in [0.29, 0.717) is 30.1 Å². The number of aromatic nitrogens is 2. The van der Waals surface area contributed by atoms with Crippen LogP contribution in [0.3, 0.4) is 0 Å². The first-order valence-corrected chi connectivity index (χ1v) is 11.7. The van der Waals surface area contributed by atoms with Crippen LogP contribution in [0.5, 0.6) is 5.75 Å². The summed E-state index contributed by atoms with van der Waals surface area (Å²) in [5.41, 5.74) is 2.32. The number of hydrogen-bond acceptors (Lipinski definition) is 6. The molecular formula is C26H32N4O4. The minimum absolute atomic E-state index is 0.0789. The fourth-order valence-corrected chi connectivity index (χ4v) is 4.22. The van der Waals surface area contributed by atoms with Crippen molar-refractivity contribution in [3.63, 3.8) is 0 Å². The lowest BCUT2D eigenvalue weighted by Gasteiger charge is -2.31. The maximum Gasteiger partial charge on any atom is 0.261 e. The van der Waals surface area contributed by atoms with Crippen molar-refractivity contribution in [3.8, 4) is 5.75 Å². The lowest BCUT2D eigenvalue weighted by molar-refractivity contribution is -0.121. The molecule has 4 rings (SSSR count). The minimum atomic E-state index is -0.250.